The molecule has 9 nitrogen and oxygen atoms in total. The van der Waals surface area contributed by atoms with Gasteiger partial charge in [-0.05, 0) is 35.7 Å². The van der Waals surface area contributed by atoms with Crippen molar-refractivity contribution in [3.05, 3.63) is 78.1 Å². The van der Waals surface area contributed by atoms with Gasteiger partial charge in [0.15, 0.2) is 11.0 Å². The van der Waals surface area contributed by atoms with Crippen molar-refractivity contribution in [3.8, 4) is 5.75 Å². The number of hydrogen-bond donors (Lipinski definition) is 3. The molecule has 0 aliphatic carbocycles. The molecule has 0 fully saturated rings. The molecule has 0 bridgehead atoms. The molecule has 0 spiro atoms. The van der Waals surface area contributed by atoms with Gasteiger partial charge in [-0.3, -0.25) is 9.59 Å². The molecule has 180 valence electrons. The third kappa shape index (κ3) is 5.61. The van der Waals surface area contributed by atoms with Crippen molar-refractivity contribution >= 4 is 40.0 Å². The second-order valence-electron chi connectivity index (χ2n) is 7.70. The molecule has 0 aliphatic heterocycles. The van der Waals surface area contributed by atoms with Crippen LogP contribution in [0, 0.1) is 0 Å². The molecule has 10 heteroatoms. The fourth-order valence-corrected chi connectivity index (χ4v) is 4.30. The predicted octanol–water partition coefficient (Wildman–Crippen LogP) is 3.17. The van der Waals surface area contributed by atoms with E-state index in [4.69, 9.17) is 4.74 Å². The zero-order chi connectivity index (χ0) is 24.8. The zero-order valence-corrected chi connectivity index (χ0v) is 20.1. The molecule has 35 heavy (non-hydrogen) atoms. The first-order valence-electron chi connectivity index (χ1n) is 10.9. The first-order valence-corrected chi connectivity index (χ1v) is 11.8. The first-order chi connectivity index (χ1) is 17.0. The Bertz CT molecular complexity index is 1330. The highest BCUT2D eigenvalue weighted by molar-refractivity contribution is 7.99. The summed E-state index contributed by atoms with van der Waals surface area (Å²) >= 11 is 1.22. The number of anilines is 1. The van der Waals surface area contributed by atoms with Gasteiger partial charge in [-0.25, -0.2) is 0 Å². The predicted molar refractivity (Wildman–Crippen MR) is 135 cm³/mol. The summed E-state index contributed by atoms with van der Waals surface area (Å²) in [5, 5.41) is 26.3. The van der Waals surface area contributed by atoms with Gasteiger partial charge in [0.05, 0.1) is 19.5 Å². The number of nitrogens with one attached hydrogen (secondary N) is 2. The Kier molecular flexibility index (Phi) is 7.64. The smallest absolute Gasteiger partial charge is 0.251 e. The molecule has 1 heterocycles. The Morgan fingerprint density at radius 3 is 2.54 bits per heavy atom. The average Bonchev–Trinajstić information content (AvgIpc) is 3.26. The van der Waals surface area contributed by atoms with Crippen LogP contribution < -0.4 is 15.4 Å². The minimum atomic E-state index is -0.763. The molecular formula is C25H25N5O4S. The van der Waals surface area contributed by atoms with E-state index >= 15 is 0 Å². The van der Waals surface area contributed by atoms with Gasteiger partial charge in [-0.2, -0.15) is 0 Å². The Morgan fingerprint density at radius 2 is 1.80 bits per heavy atom. The van der Waals surface area contributed by atoms with Crippen molar-refractivity contribution in [3.63, 3.8) is 0 Å². The largest absolute Gasteiger partial charge is 0.497 e. The van der Waals surface area contributed by atoms with Gasteiger partial charge < -0.3 is 25.0 Å². The number of hydrogen-bond acceptors (Lipinski definition) is 7. The van der Waals surface area contributed by atoms with E-state index < -0.39 is 6.04 Å². The number of aliphatic hydroxyl groups is 1. The van der Waals surface area contributed by atoms with Crippen LogP contribution in [-0.2, 0) is 11.8 Å². The normalized spacial score (nSPS) is 11.7. The van der Waals surface area contributed by atoms with Gasteiger partial charge in [0, 0.05) is 23.7 Å². The van der Waals surface area contributed by atoms with Crippen LogP contribution in [-0.4, -0.2) is 51.2 Å². The van der Waals surface area contributed by atoms with E-state index in [0.717, 1.165) is 16.5 Å². The lowest BCUT2D eigenvalue weighted by atomic mass is 10.1. The second-order valence-corrected chi connectivity index (χ2v) is 8.64. The Labute approximate surface area is 206 Å². The van der Waals surface area contributed by atoms with E-state index in [1.807, 2.05) is 42.5 Å². The maximum absolute atomic E-state index is 12.6. The number of carbonyl (C=O) groups excluding carboxylic acids is 2. The van der Waals surface area contributed by atoms with Crippen molar-refractivity contribution < 1.29 is 19.4 Å². The average molecular weight is 492 g/mol. The summed E-state index contributed by atoms with van der Waals surface area (Å²) in [6.07, 6.45) is 0. The van der Waals surface area contributed by atoms with E-state index in [0.29, 0.717) is 22.3 Å². The van der Waals surface area contributed by atoms with Crippen molar-refractivity contribution in [1.29, 1.82) is 0 Å². The van der Waals surface area contributed by atoms with Crippen molar-refractivity contribution in [2.45, 2.75) is 11.2 Å². The van der Waals surface area contributed by atoms with E-state index in [9.17, 15) is 14.7 Å². The fraction of sp³-hybridized carbons (Fsp3) is 0.200. The summed E-state index contributed by atoms with van der Waals surface area (Å²) < 4.78 is 6.76. The summed E-state index contributed by atoms with van der Waals surface area (Å²) in [7, 11) is 3.27. The van der Waals surface area contributed by atoms with Crippen molar-refractivity contribution in [1.82, 2.24) is 20.1 Å². The van der Waals surface area contributed by atoms with Crippen LogP contribution in [0.15, 0.2) is 71.9 Å². The fourth-order valence-electron chi connectivity index (χ4n) is 3.58. The lowest BCUT2D eigenvalue weighted by Gasteiger charge is -2.16. The molecule has 1 atom stereocenters. The third-order valence-corrected chi connectivity index (χ3v) is 6.44. The molecule has 0 saturated heterocycles. The molecule has 3 N–H and O–H groups in total. The number of ether oxygens (including phenoxy) is 1. The number of carbonyl (C=O) groups is 2. The lowest BCUT2D eigenvalue weighted by Crippen LogP contribution is -2.32. The Morgan fingerprint density at radius 1 is 1.06 bits per heavy atom. The van der Waals surface area contributed by atoms with Gasteiger partial charge in [0.2, 0.25) is 5.91 Å². The highest BCUT2D eigenvalue weighted by Crippen LogP contribution is 2.24. The molecule has 1 aromatic heterocycles. The maximum atomic E-state index is 12.6. The van der Waals surface area contributed by atoms with Gasteiger partial charge in [0.25, 0.3) is 5.91 Å². The highest BCUT2D eigenvalue weighted by Gasteiger charge is 2.22. The monoisotopic (exact) mass is 491 g/mol. The van der Waals surface area contributed by atoms with Crippen LogP contribution in [0.2, 0.25) is 0 Å². The van der Waals surface area contributed by atoms with Gasteiger partial charge >= 0.3 is 0 Å². The number of amides is 2. The van der Waals surface area contributed by atoms with Crippen molar-refractivity contribution in [2.24, 2.45) is 7.05 Å². The zero-order valence-electron chi connectivity index (χ0n) is 19.3. The molecule has 0 radical (unpaired) electrons. The summed E-state index contributed by atoms with van der Waals surface area (Å²) in [4.78, 5) is 25.2. The molecule has 0 saturated carbocycles. The van der Waals surface area contributed by atoms with Gasteiger partial charge in [-0.15, -0.1) is 10.2 Å². The number of rotatable bonds is 9. The Hall–Kier alpha value is -3.89. The Balaban J connectivity index is 1.39. The van der Waals surface area contributed by atoms with E-state index in [1.165, 1.54) is 11.8 Å². The highest BCUT2D eigenvalue weighted by atomic mass is 32.2. The topological polar surface area (TPSA) is 118 Å². The minimum Gasteiger partial charge on any atom is -0.497 e. The molecule has 0 unspecified atom stereocenters. The van der Waals surface area contributed by atoms with Crippen LogP contribution in [0.1, 0.15) is 22.2 Å². The second kappa shape index (κ2) is 11.0. The maximum Gasteiger partial charge on any atom is 0.251 e. The van der Waals surface area contributed by atoms with Crippen molar-refractivity contribution in [2.75, 3.05) is 24.8 Å². The van der Waals surface area contributed by atoms with Gasteiger partial charge in [0.1, 0.15) is 11.8 Å². The quantitative estimate of drug-likeness (QED) is 0.308. The lowest BCUT2D eigenvalue weighted by molar-refractivity contribution is -0.113. The molecular weight excluding hydrogens is 466 g/mol. The SMILES string of the molecule is COc1ccc(C(=O)N[C@@H](CO)c2nnc(SCC(=O)Nc3cccc4ccccc34)n2C)cc1. The summed E-state index contributed by atoms with van der Waals surface area (Å²) in [6, 6.07) is 19.5. The summed E-state index contributed by atoms with van der Waals surface area (Å²) in [5.74, 6) is 0.601. The molecule has 4 rings (SSSR count). The van der Waals surface area contributed by atoms with Crippen LogP contribution >= 0.6 is 11.8 Å². The molecule has 4 aromatic rings. The number of nitrogens with zero attached hydrogens (tertiary/aromatic N) is 3. The van der Waals surface area contributed by atoms with E-state index in [1.54, 1.807) is 43.0 Å². The number of methoxy groups -OCH3 is 1. The van der Waals surface area contributed by atoms with Crippen LogP contribution in [0.3, 0.4) is 0 Å². The molecule has 3 aromatic carbocycles. The number of fused-ring (bicyclic) bond motifs is 1. The van der Waals surface area contributed by atoms with E-state index in [2.05, 4.69) is 20.8 Å². The van der Waals surface area contributed by atoms with Crippen LogP contribution in [0.4, 0.5) is 5.69 Å². The third-order valence-electron chi connectivity index (χ3n) is 5.42. The number of aromatic nitrogens is 3. The van der Waals surface area contributed by atoms with Crippen LogP contribution in [0.5, 0.6) is 5.75 Å². The summed E-state index contributed by atoms with van der Waals surface area (Å²) in [6.45, 7) is -0.361. The molecule has 0 aliphatic rings. The number of aliphatic hydroxyl groups excluding tert-OH is 1. The molecule has 2 amide bonds. The standard InChI is InChI=1S/C25H25N5O4S/c1-30-23(21(14-31)27-24(33)17-10-12-18(34-2)13-11-17)28-29-25(30)35-15-22(32)26-20-9-5-7-16-6-3-4-8-19(16)20/h3-13,21,31H,14-15H2,1-2H3,(H,26,32)(H,27,33)/t21-/m0/s1. The van der Waals surface area contributed by atoms with Gasteiger partial charge in [-0.1, -0.05) is 48.2 Å². The number of benzene rings is 3. The van der Waals surface area contributed by atoms with E-state index in [-0.39, 0.29) is 24.2 Å². The number of thioether (sulfide) groups is 1. The minimum absolute atomic E-state index is 0.122. The first kappa shape index (κ1) is 24.2. The van der Waals surface area contributed by atoms with Crippen LogP contribution in [0.25, 0.3) is 10.8 Å². The summed E-state index contributed by atoms with van der Waals surface area (Å²) in [5.41, 5.74) is 1.17.